The minimum atomic E-state index is 0.239. The van der Waals surface area contributed by atoms with E-state index in [0.29, 0.717) is 29.2 Å². The van der Waals surface area contributed by atoms with Crippen LogP contribution in [-0.4, -0.2) is 19.2 Å². The molecule has 5 heteroatoms. The molecule has 5 rings (SSSR count). The predicted molar refractivity (Wildman–Crippen MR) is 179 cm³/mol. The van der Waals surface area contributed by atoms with Crippen molar-refractivity contribution in [3.05, 3.63) is 125 Å². The van der Waals surface area contributed by atoms with Crippen molar-refractivity contribution >= 4 is 10.9 Å². The Balaban J connectivity index is 0.000000322. The van der Waals surface area contributed by atoms with Crippen LogP contribution in [0.15, 0.2) is 98.5 Å². The van der Waals surface area contributed by atoms with Gasteiger partial charge in [-0.3, -0.25) is 4.98 Å². The molecule has 3 aromatic carbocycles. The molecule has 2 heterocycles. The number of phenols is 1. The van der Waals surface area contributed by atoms with Crippen LogP contribution in [-0.2, 0) is 17.9 Å². The molecule has 229 valence electrons. The second-order valence-corrected chi connectivity index (χ2v) is 12.6. The first-order valence-electron chi connectivity index (χ1n) is 15.1. The molecular weight excluding hydrogens is 617 g/mol. The molecule has 0 radical (unpaired) electrons. The fourth-order valence-corrected chi connectivity index (χ4v) is 5.97. The zero-order valence-corrected chi connectivity index (χ0v) is 28.6. The van der Waals surface area contributed by atoms with Crippen LogP contribution in [0.3, 0.4) is 0 Å². The van der Waals surface area contributed by atoms with Crippen molar-refractivity contribution in [1.82, 2.24) is 14.1 Å². The number of pyridine rings is 1. The molecule has 0 aliphatic carbocycles. The van der Waals surface area contributed by atoms with Crippen molar-refractivity contribution in [3.63, 3.8) is 0 Å². The number of aromatic hydroxyl groups is 1. The molecule has 0 aliphatic rings. The molecule has 4 nitrogen and oxygen atoms in total. The average molecular weight is 665 g/mol. The van der Waals surface area contributed by atoms with E-state index in [0.717, 1.165) is 9.40 Å². The summed E-state index contributed by atoms with van der Waals surface area (Å²) in [5.74, 6) is 2.09. The summed E-state index contributed by atoms with van der Waals surface area (Å²) in [6, 6.07) is 22.6. The molecule has 43 heavy (non-hydrogen) atoms. The monoisotopic (exact) mass is 664 g/mol. The molecule has 0 saturated carbocycles. The second-order valence-electron chi connectivity index (χ2n) is 11.8. The van der Waals surface area contributed by atoms with Crippen molar-refractivity contribution in [1.29, 1.82) is 0 Å². The molecular formula is C38H47N3ORh. The van der Waals surface area contributed by atoms with Crippen molar-refractivity contribution in [3.8, 4) is 17.1 Å². The van der Waals surface area contributed by atoms with Crippen LogP contribution in [0.5, 0.6) is 5.75 Å². The van der Waals surface area contributed by atoms with Crippen LogP contribution < -0.4 is 0 Å². The summed E-state index contributed by atoms with van der Waals surface area (Å²) in [4.78, 5) is 4.03. The normalized spacial score (nSPS) is 11.1. The molecule has 1 N–H and O–H groups in total. The minimum Gasteiger partial charge on any atom is -0.506 e. The molecule has 0 atom stereocenters. The molecule has 0 bridgehead atoms. The fourth-order valence-electron chi connectivity index (χ4n) is 5.36. The van der Waals surface area contributed by atoms with Gasteiger partial charge in [0, 0.05) is 11.6 Å². The van der Waals surface area contributed by atoms with Crippen molar-refractivity contribution in [2.45, 2.75) is 79.1 Å². The molecule has 5 aromatic rings. The maximum absolute atomic E-state index is 9.31. The van der Waals surface area contributed by atoms with Crippen molar-refractivity contribution < 1.29 is 23.0 Å². The number of rotatable bonds is 6. The quantitative estimate of drug-likeness (QED) is 0.145. The van der Waals surface area contributed by atoms with E-state index in [-0.39, 0.29) is 5.75 Å². The van der Waals surface area contributed by atoms with E-state index < -0.39 is 0 Å². The zero-order valence-electron chi connectivity index (χ0n) is 26.9. The van der Waals surface area contributed by atoms with Gasteiger partial charge in [0.25, 0.3) is 0 Å². The van der Waals surface area contributed by atoms with Crippen LogP contribution in [0.2, 0.25) is 0 Å². The number of hydrogen-bond donors (Lipinski definition) is 1. The number of phenolic OH excluding ortho intramolecular Hbond substituents is 1. The Morgan fingerprint density at radius 2 is 0.977 bits per heavy atom. The summed E-state index contributed by atoms with van der Waals surface area (Å²) in [6.07, 6.45) is 6.12. The summed E-state index contributed by atoms with van der Waals surface area (Å²) in [7, 11) is 0. The standard InChI is InChI=1S/C27H36N2.C9H7NO.C2H4.Rh/c1-18(2)22-11-9-12-23(19(3)4)26(22)28-15-16-29(17-28)27-24(20(5)6)13-10-14-25(27)21(7)8;11-8-5-1-3-7-4-2-6-10-9(7)8;1-2;/h9-16,18-21H,1-8H3;1-6,11H;1-2H2;. The third kappa shape index (κ3) is 7.51. The van der Waals surface area contributed by atoms with Gasteiger partial charge in [-0.2, -0.15) is 0 Å². The Morgan fingerprint density at radius 3 is 1.35 bits per heavy atom. The largest absolute Gasteiger partial charge is 0.506 e. The number of benzene rings is 3. The summed E-state index contributed by atoms with van der Waals surface area (Å²) >= 11 is 3.27. The summed E-state index contributed by atoms with van der Waals surface area (Å²) in [5.41, 5.74) is 8.89. The molecule has 0 unspecified atom stereocenters. The van der Waals surface area contributed by atoms with Crippen LogP contribution >= 0.6 is 0 Å². The van der Waals surface area contributed by atoms with E-state index in [1.54, 1.807) is 18.3 Å². The van der Waals surface area contributed by atoms with Crippen LogP contribution in [0.4, 0.5) is 0 Å². The first-order valence-corrected chi connectivity index (χ1v) is 15.9. The molecule has 0 fully saturated rings. The summed E-state index contributed by atoms with van der Waals surface area (Å²) < 4.78 is 5.86. The van der Waals surface area contributed by atoms with Gasteiger partial charge in [0.2, 0.25) is 0 Å². The molecule has 0 amide bonds. The van der Waals surface area contributed by atoms with E-state index in [9.17, 15) is 5.11 Å². The van der Waals surface area contributed by atoms with Gasteiger partial charge in [0.1, 0.15) is 11.3 Å². The Bertz CT molecular complexity index is 1570. The summed E-state index contributed by atoms with van der Waals surface area (Å²) in [6.45, 7) is 24.3. The van der Waals surface area contributed by atoms with Gasteiger partial charge in [0.05, 0.1) is 0 Å². The maximum Gasteiger partial charge on any atom is 0.141 e. The van der Waals surface area contributed by atoms with Crippen molar-refractivity contribution in [2.24, 2.45) is 0 Å². The van der Waals surface area contributed by atoms with Crippen LogP contribution in [0, 0.1) is 4.01 Å². The SMILES string of the molecule is C=C.CC(C)c1cccc(C(C)C)c1-n1ccn(-c2c(C(C)C)cccc2C(C)C)[c]1=[Rh].Oc1cccc2cccnc12. The zero-order chi connectivity index (χ0) is 31.8. The van der Waals surface area contributed by atoms with Gasteiger partial charge in [-0.25, -0.2) is 0 Å². The Hall–Kier alpha value is -3.56. The Labute approximate surface area is 268 Å². The van der Waals surface area contributed by atoms with Crippen LogP contribution in [0.25, 0.3) is 22.3 Å². The minimum absolute atomic E-state index is 0.239. The average Bonchev–Trinajstić information content (AvgIpc) is 3.38. The molecule has 2 aromatic heterocycles. The topological polar surface area (TPSA) is 43.0 Å². The fraction of sp³-hybridized carbons (Fsp3) is 0.316. The van der Waals surface area contributed by atoms with E-state index in [1.165, 1.54) is 33.6 Å². The number of aromatic nitrogens is 3. The number of para-hydroxylation sites is 3. The smallest absolute Gasteiger partial charge is 0.141 e. The van der Waals surface area contributed by atoms with E-state index in [2.05, 4.69) is 149 Å². The van der Waals surface area contributed by atoms with Gasteiger partial charge >= 0.3 is 192 Å². The van der Waals surface area contributed by atoms with Crippen molar-refractivity contribution in [2.75, 3.05) is 0 Å². The number of fused-ring (bicyclic) bond motifs is 1. The van der Waals surface area contributed by atoms with E-state index in [1.807, 2.05) is 18.2 Å². The number of hydrogen-bond acceptors (Lipinski definition) is 2. The van der Waals surface area contributed by atoms with Gasteiger partial charge in [-0.15, -0.1) is 13.2 Å². The Kier molecular flexibility index (Phi) is 12.0. The maximum atomic E-state index is 9.31. The third-order valence-corrected chi connectivity index (χ3v) is 8.31. The molecule has 0 spiro atoms. The van der Waals surface area contributed by atoms with E-state index in [4.69, 9.17) is 0 Å². The first-order chi connectivity index (χ1) is 20.5. The number of imidazole rings is 1. The molecule has 0 aliphatic heterocycles. The first kappa shape index (κ1) is 33.9. The second kappa shape index (κ2) is 15.3. The van der Waals surface area contributed by atoms with E-state index >= 15 is 0 Å². The van der Waals surface area contributed by atoms with Gasteiger partial charge in [-0.05, 0) is 12.1 Å². The Morgan fingerprint density at radius 1 is 0.605 bits per heavy atom. The van der Waals surface area contributed by atoms with Gasteiger partial charge < -0.3 is 5.11 Å². The van der Waals surface area contributed by atoms with Gasteiger partial charge in [-0.1, -0.05) is 18.2 Å². The molecule has 0 saturated heterocycles. The van der Waals surface area contributed by atoms with Gasteiger partial charge in [0.15, 0.2) is 0 Å². The third-order valence-electron chi connectivity index (χ3n) is 7.52. The predicted octanol–water partition coefficient (Wildman–Crippen LogP) is 10.6. The van der Waals surface area contributed by atoms with Crippen LogP contribution in [0.1, 0.15) is 101 Å². The number of nitrogens with zero attached hydrogens (tertiary/aromatic N) is 3. The summed E-state index contributed by atoms with van der Waals surface area (Å²) in [5, 5.41) is 10.3.